The second-order valence-electron chi connectivity index (χ2n) is 5.46. The summed E-state index contributed by atoms with van der Waals surface area (Å²) >= 11 is 10.0. The normalized spacial score (nSPS) is 16.5. The van der Waals surface area contributed by atoms with Crippen LogP contribution in [0.1, 0.15) is 44.2 Å². The molecule has 1 aliphatic rings. The molecule has 2 nitrogen and oxygen atoms in total. The summed E-state index contributed by atoms with van der Waals surface area (Å²) in [6.07, 6.45) is 5.03. The van der Waals surface area contributed by atoms with Gasteiger partial charge in [0.1, 0.15) is 0 Å². The maximum Gasteiger partial charge on any atom is 0.0454 e. The fourth-order valence-electron chi connectivity index (χ4n) is 2.89. The van der Waals surface area contributed by atoms with Gasteiger partial charge in [-0.1, -0.05) is 53.7 Å². The molecule has 1 saturated heterocycles. The van der Waals surface area contributed by atoms with E-state index in [0.29, 0.717) is 6.04 Å². The SMILES string of the molecule is CCCCC[C@H](c1cc(Br)ccc1Cl)N1CCNCC1.Cl.Cl. The van der Waals surface area contributed by atoms with E-state index in [-0.39, 0.29) is 24.8 Å². The molecule has 0 bridgehead atoms. The van der Waals surface area contributed by atoms with Crippen molar-refractivity contribution in [1.29, 1.82) is 0 Å². The van der Waals surface area contributed by atoms with E-state index in [4.69, 9.17) is 11.6 Å². The third-order valence-corrected chi connectivity index (χ3v) is 4.83. The molecule has 0 aromatic heterocycles. The molecule has 128 valence electrons. The third kappa shape index (κ3) is 6.54. The monoisotopic (exact) mass is 430 g/mol. The van der Waals surface area contributed by atoms with E-state index in [1.807, 2.05) is 12.1 Å². The molecule has 22 heavy (non-hydrogen) atoms. The summed E-state index contributed by atoms with van der Waals surface area (Å²) < 4.78 is 1.12. The van der Waals surface area contributed by atoms with Gasteiger partial charge in [0, 0.05) is 41.7 Å². The number of halogens is 4. The number of benzene rings is 1. The van der Waals surface area contributed by atoms with Crippen molar-refractivity contribution in [2.45, 2.75) is 38.6 Å². The molecular formula is C16H26BrCl3N2. The van der Waals surface area contributed by atoms with Crippen molar-refractivity contribution in [3.8, 4) is 0 Å². The van der Waals surface area contributed by atoms with Gasteiger partial charge in [-0.15, -0.1) is 24.8 Å². The first-order chi connectivity index (χ1) is 9.72. The van der Waals surface area contributed by atoms with Crippen LogP contribution in [-0.2, 0) is 0 Å². The smallest absolute Gasteiger partial charge is 0.0454 e. The lowest BCUT2D eigenvalue weighted by atomic mass is 9.98. The van der Waals surface area contributed by atoms with Crippen LogP contribution in [0.3, 0.4) is 0 Å². The number of rotatable bonds is 6. The highest BCUT2D eigenvalue weighted by molar-refractivity contribution is 9.10. The Hall–Kier alpha value is 0.490. The maximum absolute atomic E-state index is 6.46. The predicted octanol–water partition coefficient (Wildman–Crippen LogP) is 5.47. The van der Waals surface area contributed by atoms with Crippen molar-refractivity contribution in [2.75, 3.05) is 26.2 Å². The zero-order chi connectivity index (χ0) is 14.4. The number of hydrogen-bond donors (Lipinski definition) is 1. The Morgan fingerprint density at radius 1 is 1.23 bits per heavy atom. The van der Waals surface area contributed by atoms with Crippen molar-refractivity contribution in [2.24, 2.45) is 0 Å². The highest BCUT2D eigenvalue weighted by Crippen LogP contribution is 2.33. The molecule has 1 fully saturated rings. The van der Waals surface area contributed by atoms with Crippen molar-refractivity contribution >= 4 is 52.3 Å². The predicted molar refractivity (Wildman–Crippen MR) is 105 cm³/mol. The molecule has 1 aromatic carbocycles. The van der Waals surface area contributed by atoms with Crippen molar-refractivity contribution in [1.82, 2.24) is 10.2 Å². The molecule has 1 aliphatic heterocycles. The van der Waals surface area contributed by atoms with Crippen LogP contribution in [0.5, 0.6) is 0 Å². The Labute approximate surface area is 160 Å². The molecule has 1 atom stereocenters. The summed E-state index contributed by atoms with van der Waals surface area (Å²) in [5, 5.41) is 4.33. The first-order valence-corrected chi connectivity index (χ1v) is 8.79. The fraction of sp³-hybridized carbons (Fsp3) is 0.625. The van der Waals surface area contributed by atoms with E-state index in [0.717, 1.165) is 35.7 Å². The van der Waals surface area contributed by atoms with E-state index in [1.54, 1.807) is 0 Å². The molecule has 0 radical (unpaired) electrons. The first kappa shape index (κ1) is 22.5. The standard InChI is InChI=1S/C16H24BrClN2.2ClH/c1-2-3-4-5-16(20-10-8-19-9-11-20)14-12-13(17)6-7-15(14)18;;/h6-7,12,16,19H,2-5,8-11H2,1H3;2*1H/t16-;;/m1../s1. The lowest BCUT2D eigenvalue weighted by Gasteiger charge is -2.36. The van der Waals surface area contributed by atoms with E-state index < -0.39 is 0 Å². The number of nitrogens with one attached hydrogen (secondary N) is 1. The largest absolute Gasteiger partial charge is 0.314 e. The summed E-state index contributed by atoms with van der Waals surface area (Å²) in [5.41, 5.74) is 1.28. The highest BCUT2D eigenvalue weighted by Gasteiger charge is 2.23. The summed E-state index contributed by atoms with van der Waals surface area (Å²) in [6, 6.07) is 6.68. The third-order valence-electron chi connectivity index (χ3n) is 3.99. The van der Waals surface area contributed by atoms with Crippen LogP contribution in [0, 0.1) is 0 Å². The quantitative estimate of drug-likeness (QED) is 0.600. The first-order valence-electron chi connectivity index (χ1n) is 7.62. The van der Waals surface area contributed by atoms with Crippen LogP contribution in [0.2, 0.25) is 5.02 Å². The van der Waals surface area contributed by atoms with Gasteiger partial charge in [-0.25, -0.2) is 0 Å². The van der Waals surface area contributed by atoms with E-state index in [9.17, 15) is 0 Å². The lowest BCUT2D eigenvalue weighted by Crippen LogP contribution is -2.45. The number of unbranched alkanes of at least 4 members (excludes halogenated alkanes) is 2. The Bertz CT molecular complexity index is 426. The number of nitrogens with zero attached hydrogens (tertiary/aromatic N) is 1. The molecule has 0 amide bonds. The Morgan fingerprint density at radius 3 is 2.55 bits per heavy atom. The molecule has 0 spiro atoms. The topological polar surface area (TPSA) is 15.3 Å². The van der Waals surface area contributed by atoms with Crippen LogP contribution in [0.4, 0.5) is 0 Å². The van der Waals surface area contributed by atoms with E-state index >= 15 is 0 Å². The van der Waals surface area contributed by atoms with Gasteiger partial charge >= 0.3 is 0 Å². The lowest BCUT2D eigenvalue weighted by molar-refractivity contribution is 0.163. The van der Waals surface area contributed by atoms with Gasteiger partial charge in [0.2, 0.25) is 0 Å². The van der Waals surface area contributed by atoms with Gasteiger partial charge in [0.05, 0.1) is 0 Å². The van der Waals surface area contributed by atoms with Crippen LogP contribution in [0.25, 0.3) is 0 Å². The molecule has 0 saturated carbocycles. The Morgan fingerprint density at radius 2 is 1.91 bits per heavy atom. The van der Waals surface area contributed by atoms with Crippen LogP contribution < -0.4 is 5.32 Å². The summed E-state index contributed by atoms with van der Waals surface area (Å²) in [5.74, 6) is 0. The van der Waals surface area contributed by atoms with E-state index in [1.165, 1.54) is 31.2 Å². The van der Waals surface area contributed by atoms with Crippen LogP contribution in [-0.4, -0.2) is 31.1 Å². The maximum atomic E-state index is 6.46. The summed E-state index contributed by atoms with van der Waals surface area (Å²) in [4.78, 5) is 2.58. The molecular weight excluding hydrogens is 406 g/mol. The number of hydrogen-bond acceptors (Lipinski definition) is 2. The van der Waals surface area contributed by atoms with Crippen molar-refractivity contribution < 1.29 is 0 Å². The second-order valence-corrected chi connectivity index (χ2v) is 6.79. The minimum atomic E-state index is 0. The van der Waals surface area contributed by atoms with Crippen molar-refractivity contribution in [3.63, 3.8) is 0 Å². The molecule has 1 aromatic rings. The van der Waals surface area contributed by atoms with Crippen LogP contribution in [0.15, 0.2) is 22.7 Å². The van der Waals surface area contributed by atoms with Gasteiger partial charge in [-0.3, -0.25) is 4.90 Å². The van der Waals surface area contributed by atoms with Crippen molar-refractivity contribution in [3.05, 3.63) is 33.3 Å². The molecule has 0 unspecified atom stereocenters. The fourth-order valence-corrected chi connectivity index (χ4v) is 3.51. The number of piperazine rings is 1. The minimum Gasteiger partial charge on any atom is -0.314 e. The molecule has 1 heterocycles. The highest BCUT2D eigenvalue weighted by atomic mass is 79.9. The molecule has 0 aliphatic carbocycles. The second kappa shape index (κ2) is 11.9. The van der Waals surface area contributed by atoms with Gasteiger partial charge in [-0.05, 0) is 30.2 Å². The molecule has 1 N–H and O–H groups in total. The Kier molecular flexibility index (Phi) is 12.2. The van der Waals surface area contributed by atoms with Gasteiger partial charge in [0.25, 0.3) is 0 Å². The molecule has 6 heteroatoms. The minimum absolute atomic E-state index is 0. The van der Waals surface area contributed by atoms with Gasteiger partial charge < -0.3 is 5.32 Å². The summed E-state index contributed by atoms with van der Waals surface area (Å²) in [6.45, 7) is 6.64. The molecule has 2 rings (SSSR count). The van der Waals surface area contributed by atoms with Crippen LogP contribution >= 0.6 is 52.3 Å². The average Bonchev–Trinajstić information content (AvgIpc) is 2.48. The zero-order valence-corrected chi connectivity index (χ0v) is 17.0. The Balaban J connectivity index is 0.00000220. The van der Waals surface area contributed by atoms with Gasteiger partial charge in [-0.2, -0.15) is 0 Å². The van der Waals surface area contributed by atoms with E-state index in [2.05, 4.69) is 39.1 Å². The average molecular weight is 433 g/mol. The zero-order valence-electron chi connectivity index (χ0n) is 13.0. The summed E-state index contributed by atoms with van der Waals surface area (Å²) in [7, 11) is 0. The van der Waals surface area contributed by atoms with Gasteiger partial charge in [0.15, 0.2) is 0 Å².